The molecule has 0 aliphatic rings. The summed E-state index contributed by atoms with van der Waals surface area (Å²) < 4.78 is 34.5. The van der Waals surface area contributed by atoms with Gasteiger partial charge in [0.2, 0.25) is 0 Å². The smallest absolute Gasteiger partial charge is 0.141 e. The van der Waals surface area contributed by atoms with Crippen LogP contribution in [0.5, 0.6) is 5.75 Å². The van der Waals surface area contributed by atoms with Gasteiger partial charge in [-0.05, 0) is 29.8 Å². The Kier molecular flexibility index (Phi) is 4.13. The fourth-order valence-corrected chi connectivity index (χ4v) is 3.09. The van der Waals surface area contributed by atoms with E-state index in [0.717, 1.165) is 28.5 Å². The molecule has 0 spiro atoms. The number of ether oxygens (including phenoxy) is 1. The first-order valence-electron chi connectivity index (χ1n) is 8.19. The lowest BCUT2D eigenvalue weighted by Crippen LogP contribution is -2.03. The molecular formula is C21H16F2N2O. The molecule has 0 amide bonds. The summed E-state index contributed by atoms with van der Waals surface area (Å²) in [5.74, 6) is 0.261. The SMILES string of the molecule is COc1ccc2c(c1)nc(-c1ccccc1)n2Cc1cc(F)cc(F)c1. The molecule has 0 aliphatic carbocycles. The highest BCUT2D eigenvalue weighted by Gasteiger charge is 2.14. The lowest BCUT2D eigenvalue weighted by molar-refractivity contribution is 0.415. The van der Waals surface area contributed by atoms with E-state index in [1.54, 1.807) is 7.11 Å². The van der Waals surface area contributed by atoms with Crippen LogP contribution in [0.15, 0.2) is 66.7 Å². The zero-order valence-corrected chi connectivity index (χ0v) is 14.1. The minimum atomic E-state index is -0.590. The molecule has 0 N–H and O–H groups in total. The number of hydrogen-bond acceptors (Lipinski definition) is 2. The van der Waals surface area contributed by atoms with Crippen LogP contribution in [0, 0.1) is 11.6 Å². The second kappa shape index (κ2) is 6.59. The van der Waals surface area contributed by atoms with Crippen molar-refractivity contribution in [2.75, 3.05) is 7.11 Å². The van der Waals surface area contributed by atoms with Crippen molar-refractivity contribution in [3.05, 3.63) is 83.9 Å². The van der Waals surface area contributed by atoms with Crippen molar-refractivity contribution in [1.82, 2.24) is 9.55 Å². The Labute approximate surface area is 149 Å². The van der Waals surface area contributed by atoms with Crippen molar-refractivity contribution < 1.29 is 13.5 Å². The lowest BCUT2D eigenvalue weighted by atomic mass is 10.2. The van der Waals surface area contributed by atoms with Gasteiger partial charge in [-0.15, -0.1) is 0 Å². The molecule has 3 nitrogen and oxygen atoms in total. The van der Waals surface area contributed by atoms with Crippen LogP contribution in [0.2, 0.25) is 0 Å². The van der Waals surface area contributed by atoms with Gasteiger partial charge < -0.3 is 9.30 Å². The number of imidazole rings is 1. The van der Waals surface area contributed by atoms with Crippen LogP contribution >= 0.6 is 0 Å². The number of nitrogens with zero attached hydrogens (tertiary/aromatic N) is 2. The highest BCUT2D eigenvalue weighted by Crippen LogP contribution is 2.28. The van der Waals surface area contributed by atoms with E-state index < -0.39 is 11.6 Å². The van der Waals surface area contributed by atoms with Crippen molar-refractivity contribution >= 4 is 11.0 Å². The Hall–Kier alpha value is -3.21. The quantitative estimate of drug-likeness (QED) is 0.516. The molecule has 0 bridgehead atoms. The van der Waals surface area contributed by atoms with Crippen molar-refractivity contribution in [2.24, 2.45) is 0 Å². The third-order valence-corrected chi connectivity index (χ3v) is 4.25. The van der Waals surface area contributed by atoms with E-state index in [0.29, 0.717) is 17.9 Å². The number of halogens is 2. The highest BCUT2D eigenvalue weighted by molar-refractivity contribution is 5.82. The summed E-state index contributed by atoms with van der Waals surface area (Å²) in [7, 11) is 1.60. The van der Waals surface area contributed by atoms with Crippen molar-refractivity contribution in [3.8, 4) is 17.1 Å². The second-order valence-electron chi connectivity index (χ2n) is 6.02. The zero-order chi connectivity index (χ0) is 18.1. The first-order valence-corrected chi connectivity index (χ1v) is 8.19. The fraction of sp³-hybridized carbons (Fsp3) is 0.0952. The van der Waals surface area contributed by atoms with E-state index in [-0.39, 0.29) is 0 Å². The van der Waals surface area contributed by atoms with Gasteiger partial charge in [-0.3, -0.25) is 0 Å². The normalized spacial score (nSPS) is 11.0. The van der Waals surface area contributed by atoms with Gasteiger partial charge in [-0.2, -0.15) is 0 Å². The topological polar surface area (TPSA) is 27.1 Å². The molecule has 0 saturated heterocycles. The fourth-order valence-electron chi connectivity index (χ4n) is 3.09. The van der Waals surface area contributed by atoms with E-state index in [1.807, 2.05) is 53.1 Å². The highest BCUT2D eigenvalue weighted by atomic mass is 19.1. The van der Waals surface area contributed by atoms with Gasteiger partial charge in [0.05, 0.1) is 18.1 Å². The molecule has 3 aromatic carbocycles. The third kappa shape index (κ3) is 3.04. The average Bonchev–Trinajstić information content (AvgIpc) is 2.99. The van der Waals surface area contributed by atoms with E-state index >= 15 is 0 Å². The second-order valence-corrected chi connectivity index (χ2v) is 6.02. The minimum absolute atomic E-state index is 0.307. The molecule has 0 unspecified atom stereocenters. The van der Waals surface area contributed by atoms with Crippen LogP contribution in [0.1, 0.15) is 5.56 Å². The summed E-state index contributed by atoms with van der Waals surface area (Å²) >= 11 is 0. The zero-order valence-electron chi connectivity index (χ0n) is 14.1. The summed E-state index contributed by atoms with van der Waals surface area (Å²) in [6.07, 6.45) is 0. The van der Waals surface area contributed by atoms with Gasteiger partial charge in [0.15, 0.2) is 0 Å². The summed E-state index contributed by atoms with van der Waals surface area (Å²) in [5.41, 5.74) is 3.10. The Morgan fingerprint density at radius 2 is 1.65 bits per heavy atom. The van der Waals surface area contributed by atoms with Crippen molar-refractivity contribution in [2.45, 2.75) is 6.54 Å². The standard InChI is InChI=1S/C21H16F2N2O/c1-26-18-7-8-20-19(12-18)24-21(15-5-3-2-4-6-15)25(20)13-14-9-16(22)11-17(23)10-14/h2-12H,13H2,1H3. The molecule has 0 fully saturated rings. The lowest BCUT2D eigenvalue weighted by Gasteiger charge is -2.10. The molecule has 0 saturated carbocycles. The van der Waals surface area contributed by atoms with Gasteiger partial charge >= 0.3 is 0 Å². The predicted molar refractivity (Wildman–Crippen MR) is 97.2 cm³/mol. The number of hydrogen-bond donors (Lipinski definition) is 0. The van der Waals surface area contributed by atoms with E-state index in [1.165, 1.54) is 12.1 Å². The molecule has 0 aliphatic heterocycles. The molecule has 0 radical (unpaired) electrons. The number of methoxy groups -OCH3 is 1. The van der Waals surface area contributed by atoms with Gasteiger partial charge in [0.1, 0.15) is 23.2 Å². The Balaban J connectivity index is 1.90. The Morgan fingerprint density at radius 3 is 2.35 bits per heavy atom. The molecule has 1 heterocycles. The number of rotatable bonds is 4. The van der Waals surface area contributed by atoms with Gasteiger partial charge in [0, 0.05) is 24.2 Å². The van der Waals surface area contributed by atoms with Gasteiger partial charge in [-0.25, -0.2) is 13.8 Å². The van der Waals surface area contributed by atoms with Crippen LogP contribution in [-0.4, -0.2) is 16.7 Å². The first-order chi connectivity index (χ1) is 12.6. The van der Waals surface area contributed by atoms with Crippen LogP contribution in [0.4, 0.5) is 8.78 Å². The van der Waals surface area contributed by atoms with Crippen molar-refractivity contribution in [1.29, 1.82) is 0 Å². The van der Waals surface area contributed by atoms with Crippen LogP contribution in [0.3, 0.4) is 0 Å². The molecule has 1 aromatic heterocycles. The van der Waals surface area contributed by atoms with E-state index in [4.69, 9.17) is 9.72 Å². The molecule has 130 valence electrons. The monoisotopic (exact) mass is 350 g/mol. The molecule has 0 atom stereocenters. The van der Waals surface area contributed by atoms with Gasteiger partial charge in [0.25, 0.3) is 0 Å². The Morgan fingerprint density at radius 1 is 0.923 bits per heavy atom. The maximum atomic E-state index is 13.6. The predicted octanol–water partition coefficient (Wildman–Crippen LogP) is 5.04. The number of fused-ring (bicyclic) bond motifs is 1. The van der Waals surface area contributed by atoms with Crippen molar-refractivity contribution in [3.63, 3.8) is 0 Å². The molecule has 4 aromatic rings. The maximum absolute atomic E-state index is 13.6. The van der Waals surface area contributed by atoms with E-state index in [2.05, 4.69) is 0 Å². The van der Waals surface area contributed by atoms with Crippen LogP contribution in [0.25, 0.3) is 22.4 Å². The van der Waals surface area contributed by atoms with E-state index in [9.17, 15) is 8.78 Å². The maximum Gasteiger partial charge on any atom is 0.141 e. The van der Waals surface area contributed by atoms with Crippen LogP contribution < -0.4 is 4.74 Å². The summed E-state index contributed by atoms with van der Waals surface area (Å²) in [4.78, 5) is 4.73. The largest absolute Gasteiger partial charge is 0.497 e. The Bertz CT molecular complexity index is 1050. The number of benzene rings is 3. The third-order valence-electron chi connectivity index (χ3n) is 4.25. The first kappa shape index (κ1) is 16.3. The molecule has 5 heteroatoms. The molecule has 4 rings (SSSR count). The number of aromatic nitrogens is 2. The average molecular weight is 350 g/mol. The summed E-state index contributed by atoms with van der Waals surface area (Å²) in [6, 6.07) is 18.9. The van der Waals surface area contributed by atoms with Gasteiger partial charge in [-0.1, -0.05) is 30.3 Å². The minimum Gasteiger partial charge on any atom is -0.497 e. The van der Waals surface area contributed by atoms with Crippen LogP contribution in [-0.2, 0) is 6.54 Å². The molecular weight excluding hydrogens is 334 g/mol. The summed E-state index contributed by atoms with van der Waals surface area (Å²) in [6.45, 7) is 0.307. The summed E-state index contributed by atoms with van der Waals surface area (Å²) in [5, 5.41) is 0. The molecule has 26 heavy (non-hydrogen) atoms.